The smallest absolute Gasteiger partial charge is 0.329 e. The Labute approximate surface area is 410 Å². The Morgan fingerprint density at radius 1 is 0.855 bits per heavy atom. The molecule has 4 fully saturated rings. The number of cyclic esters (lactones) is 1. The van der Waals surface area contributed by atoms with Crippen molar-refractivity contribution < 1.29 is 67.7 Å². The van der Waals surface area contributed by atoms with Crippen LogP contribution in [0.3, 0.4) is 0 Å². The second kappa shape index (κ2) is 26.3. The van der Waals surface area contributed by atoms with Gasteiger partial charge in [-0.15, -0.1) is 0 Å². The normalized spacial score (nSPS) is 40.0. The lowest BCUT2D eigenvalue weighted by Crippen LogP contribution is -2.61. The van der Waals surface area contributed by atoms with Gasteiger partial charge >= 0.3 is 5.97 Å². The topological polar surface area (TPSA) is 205 Å². The molecule has 3 saturated heterocycles. The van der Waals surface area contributed by atoms with Gasteiger partial charge in [0.05, 0.1) is 44.2 Å². The average Bonchev–Trinajstić information content (AvgIpc) is 3.31. The molecule has 15 atom stereocenters. The Balaban J connectivity index is 1.47. The van der Waals surface area contributed by atoms with E-state index in [0.717, 1.165) is 12.0 Å². The van der Waals surface area contributed by atoms with Gasteiger partial charge in [-0.3, -0.25) is 19.2 Å². The van der Waals surface area contributed by atoms with Crippen LogP contribution >= 0.6 is 0 Å². The first-order valence-corrected chi connectivity index (χ1v) is 25.6. The van der Waals surface area contributed by atoms with Crippen molar-refractivity contribution in [2.75, 3.05) is 40.6 Å². The van der Waals surface area contributed by atoms with Gasteiger partial charge in [0.2, 0.25) is 5.79 Å². The third-order valence-electron chi connectivity index (χ3n) is 15.4. The highest BCUT2D eigenvalue weighted by Gasteiger charge is 2.53. The summed E-state index contributed by atoms with van der Waals surface area (Å²) in [6.45, 7) is 14.5. The van der Waals surface area contributed by atoms with Crippen LogP contribution in [0.4, 0.5) is 0 Å². The van der Waals surface area contributed by atoms with Crippen LogP contribution in [0.2, 0.25) is 0 Å². The molecule has 1 aliphatic carbocycles. The number of aliphatic hydroxyl groups excluding tert-OH is 2. The molecule has 15 heteroatoms. The van der Waals surface area contributed by atoms with Crippen molar-refractivity contribution in [2.24, 2.45) is 41.4 Å². The minimum absolute atomic E-state index is 0.00918. The Bertz CT molecular complexity index is 1870. The number of esters is 1. The molecule has 3 N–H and O–H groups in total. The third-order valence-corrected chi connectivity index (χ3v) is 15.4. The van der Waals surface area contributed by atoms with Crippen LogP contribution in [0.15, 0.2) is 47.6 Å². The molecule has 0 spiro atoms. The summed E-state index contributed by atoms with van der Waals surface area (Å²) in [4.78, 5) is 72.3. The number of ketones is 3. The van der Waals surface area contributed by atoms with E-state index in [4.69, 9.17) is 28.4 Å². The van der Waals surface area contributed by atoms with Crippen LogP contribution in [0.25, 0.3) is 0 Å². The van der Waals surface area contributed by atoms with Gasteiger partial charge < -0.3 is 48.6 Å². The number of amides is 1. The van der Waals surface area contributed by atoms with Gasteiger partial charge in [-0.2, -0.15) is 0 Å². The monoisotopic (exact) mass is 970 g/mol. The molecule has 2 unspecified atom stereocenters. The van der Waals surface area contributed by atoms with Crippen molar-refractivity contribution >= 4 is 29.2 Å². The molecule has 0 aromatic carbocycles. The molecule has 15 nitrogen and oxygen atoms in total. The maximum Gasteiger partial charge on any atom is 0.329 e. The SMILES string of the molecule is CO[C@@H]1C[C@H](C[C@@H](C)[C@@H]2CC(=O)[C@H](C)/C=C(\C)[C@@H](O)[C@@H](OC)C(=O)[C@H](C)C[C@H](C)/C=C/C=C/C=C(\C)C(OCC3COC3)C[C@@H]3CC[C@@H](C)[C@@](O)(O3)C(=O)C(=O)N3CCCCC3C(=O)O2)CC[C@H]1O. The van der Waals surface area contributed by atoms with E-state index in [1.54, 1.807) is 34.0 Å². The summed E-state index contributed by atoms with van der Waals surface area (Å²) in [5, 5.41) is 34.1. The van der Waals surface area contributed by atoms with E-state index in [1.807, 2.05) is 58.1 Å². The fourth-order valence-corrected chi connectivity index (χ4v) is 10.7. The van der Waals surface area contributed by atoms with E-state index >= 15 is 0 Å². The first-order chi connectivity index (χ1) is 32.8. The largest absolute Gasteiger partial charge is 0.460 e. The second-order valence-corrected chi connectivity index (χ2v) is 21.1. The first kappa shape index (κ1) is 56.5. The van der Waals surface area contributed by atoms with Crippen molar-refractivity contribution in [3.63, 3.8) is 0 Å². The molecule has 0 aromatic heterocycles. The highest BCUT2D eigenvalue weighted by molar-refractivity contribution is 6.39. The Hall–Kier alpha value is -3.41. The van der Waals surface area contributed by atoms with Crippen molar-refractivity contribution in [1.29, 1.82) is 0 Å². The molecule has 5 aliphatic rings. The van der Waals surface area contributed by atoms with Crippen molar-refractivity contribution in [1.82, 2.24) is 4.90 Å². The van der Waals surface area contributed by atoms with Gasteiger partial charge in [0.1, 0.15) is 30.1 Å². The molecule has 5 rings (SSSR count). The number of nitrogens with zero attached hydrogens (tertiary/aromatic N) is 1. The van der Waals surface area contributed by atoms with Gasteiger partial charge in [0.15, 0.2) is 5.78 Å². The zero-order chi connectivity index (χ0) is 50.6. The highest BCUT2D eigenvalue weighted by atomic mass is 16.6. The number of allylic oxidation sites excluding steroid dienone is 6. The number of hydrogen-bond acceptors (Lipinski definition) is 14. The summed E-state index contributed by atoms with van der Waals surface area (Å²) < 4.78 is 35.5. The fourth-order valence-electron chi connectivity index (χ4n) is 10.7. The van der Waals surface area contributed by atoms with E-state index in [0.29, 0.717) is 83.2 Å². The minimum Gasteiger partial charge on any atom is -0.460 e. The van der Waals surface area contributed by atoms with Crippen molar-refractivity contribution in [3.05, 3.63) is 47.6 Å². The van der Waals surface area contributed by atoms with E-state index in [-0.39, 0.29) is 60.7 Å². The van der Waals surface area contributed by atoms with E-state index < -0.39 is 83.9 Å². The summed E-state index contributed by atoms with van der Waals surface area (Å²) in [6, 6.07) is -1.15. The number of carbonyl (C=O) groups excluding carboxylic acids is 5. The van der Waals surface area contributed by atoms with Crippen LogP contribution in [0.1, 0.15) is 126 Å². The molecule has 0 radical (unpaired) electrons. The molecule has 1 saturated carbocycles. The number of Topliss-reactive ketones (excluding diaryl/α,β-unsaturated/α-hetero) is 3. The van der Waals surface area contributed by atoms with Crippen LogP contribution in [-0.2, 0) is 52.4 Å². The van der Waals surface area contributed by atoms with Crippen LogP contribution in [-0.4, -0.2) is 145 Å². The Kier molecular flexibility index (Phi) is 21.6. The first-order valence-electron chi connectivity index (χ1n) is 25.6. The maximum atomic E-state index is 14.5. The number of carbonyl (C=O) groups is 5. The van der Waals surface area contributed by atoms with Gasteiger partial charge in [-0.1, -0.05) is 71.1 Å². The van der Waals surface area contributed by atoms with E-state index in [1.165, 1.54) is 12.0 Å². The lowest BCUT2D eigenvalue weighted by molar-refractivity contribution is -0.266. The summed E-state index contributed by atoms with van der Waals surface area (Å²) in [6.07, 6.45) is 11.2. The van der Waals surface area contributed by atoms with E-state index in [9.17, 15) is 39.3 Å². The zero-order valence-corrected chi connectivity index (χ0v) is 42.7. The maximum absolute atomic E-state index is 14.5. The summed E-state index contributed by atoms with van der Waals surface area (Å²) in [7, 11) is 2.95. The molecule has 2 bridgehead atoms. The summed E-state index contributed by atoms with van der Waals surface area (Å²) in [5.41, 5.74) is 1.28. The van der Waals surface area contributed by atoms with Gasteiger partial charge in [0, 0.05) is 57.3 Å². The fraction of sp³-hybridized carbons (Fsp3) is 0.759. The van der Waals surface area contributed by atoms with Crippen LogP contribution in [0, 0.1) is 41.4 Å². The number of aliphatic hydroxyl groups is 3. The number of ether oxygens (including phenoxy) is 6. The standard InChI is InChI=1S/C54H83NO14/c1-32-15-11-10-12-16-33(2)45(67-31-40-29-66-30-40)27-41-20-18-38(7)54(63,69-41)51(60)52(61)55-22-14-13-17-42(55)53(62)68-46(35(4)25-39-19-21-43(56)47(26-39)64-8)28-44(57)34(3)24-37(6)49(59)50(65-9)48(58)36(5)23-32/h10-12,15-16,24,32,34-36,38-43,45-47,49-50,56,59,63H,13-14,17-23,25-31H2,1-9H3/b12-10+,15-11+,33-16+,37-24+/t32-,34-,35-,36-,38-,39+,41+,42?,43-,45?,46+,47-,49-,50+,54-/m1/s1. The van der Waals surface area contributed by atoms with Crippen LogP contribution < -0.4 is 0 Å². The molecule has 4 heterocycles. The number of hydrogen-bond donors (Lipinski definition) is 3. The molecule has 1 amide bonds. The zero-order valence-electron chi connectivity index (χ0n) is 42.7. The van der Waals surface area contributed by atoms with Gasteiger partial charge in [-0.05, 0) is 107 Å². The van der Waals surface area contributed by atoms with Gasteiger partial charge in [-0.25, -0.2) is 4.79 Å². The Morgan fingerprint density at radius 3 is 2.28 bits per heavy atom. The second-order valence-electron chi connectivity index (χ2n) is 21.1. The molecule has 4 aliphatic heterocycles. The molecular formula is C54H83NO14. The predicted molar refractivity (Wildman–Crippen MR) is 258 cm³/mol. The number of methoxy groups -OCH3 is 2. The Morgan fingerprint density at radius 2 is 1.59 bits per heavy atom. The summed E-state index contributed by atoms with van der Waals surface area (Å²) in [5.74, 6) is -7.78. The van der Waals surface area contributed by atoms with Gasteiger partial charge in [0.25, 0.3) is 11.7 Å². The number of rotatable bonds is 8. The third kappa shape index (κ3) is 15.1. The van der Waals surface area contributed by atoms with Crippen molar-refractivity contribution in [2.45, 2.75) is 180 Å². The molecular weight excluding hydrogens is 887 g/mol. The number of fused-ring (bicyclic) bond motifs is 3. The average molecular weight is 970 g/mol. The van der Waals surface area contributed by atoms with Crippen molar-refractivity contribution in [3.8, 4) is 0 Å². The predicted octanol–water partition coefficient (Wildman–Crippen LogP) is 6.20. The minimum atomic E-state index is -2.45. The molecule has 69 heavy (non-hydrogen) atoms. The summed E-state index contributed by atoms with van der Waals surface area (Å²) >= 11 is 0. The molecule has 388 valence electrons. The lowest BCUT2D eigenvalue weighted by atomic mass is 9.78. The lowest BCUT2D eigenvalue weighted by Gasteiger charge is -2.43. The van der Waals surface area contributed by atoms with Crippen LogP contribution in [0.5, 0.6) is 0 Å². The number of piperidine rings is 1. The quantitative estimate of drug-likeness (QED) is 0.141. The highest BCUT2D eigenvalue weighted by Crippen LogP contribution is 2.38. The van der Waals surface area contributed by atoms with E-state index in [2.05, 4.69) is 0 Å². The molecule has 0 aromatic rings.